The number of nitrogens with zero attached hydrogens (tertiary/aromatic N) is 4. The van der Waals surface area contributed by atoms with E-state index in [-0.39, 0.29) is 0 Å². The van der Waals surface area contributed by atoms with Crippen molar-refractivity contribution in [1.82, 2.24) is 9.88 Å². The van der Waals surface area contributed by atoms with E-state index in [1.54, 1.807) is 6.07 Å². The number of aromatic nitrogens is 1. The van der Waals surface area contributed by atoms with Crippen LogP contribution < -0.4 is 10.6 Å². The first kappa shape index (κ1) is 13.2. The molecule has 3 rings (SSSR count). The fraction of sp³-hybridized carbons (Fsp3) is 0.600. The van der Waals surface area contributed by atoms with Gasteiger partial charge < -0.3 is 10.6 Å². The average molecular weight is 271 g/mol. The molecule has 106 valence electrons. The van der Waals surface area contributed by atoms with Gasteiger partial charge in [-0.05, 0) is 44.5 Å². The Hall–Kier alpha value is -1.80. The first-order valence-electron chi connectivity index (χ1n) is 7.43. The van der Waals surface area contributed by atoms with Crippen molar-refractivity contribution in [3.8, 4) is 6.07 Å². The molecule has 2 aliphatic heterocycles. The number of piperidine rings is 1. The molecule has 0 spiro atoms. The summed E-state index contributed by atoms with van der Waals surface area (Å²) in [7, 11) is 0. The van der Waals surface area contributed by atoms with Crippen molar-refractivity contribution in [1.29, 1.82) is 5.26 Å². The van der Waals surface area contributed by atoms with Crippen LogP contribution in [0.4, 0.5) is 11.6 Å². The van der Waals surface area contributed by atoms with Gasteiger partial charge in [-0.1, -0.05) is 6.42 Å². The zero-order chi connectivity index (χ0) is 13.9. The van der Waals surface area contributed by atoms with Gasteiger partial charge in [0, 0.05) is 19.1 Å². The van der Waals surface area contributed by atoms with E-state index in [0.29, 0.717) is 17.4 Å². The lowest BCUT2D eigenvalue weighted by Crippen LogP contribution is -2.41. The molecule has 2 saturated heterocycles. The van der Waals surface area contributed by atoms with Gasteiger partial charge in [-0.15, -0.1) is 0 Å². The van der Waals surface area contributed by atoms with Crippen molar-refractivity contribution >= 4 is 11.6 Å². The minimum absolute atomic E-state index is 0.339. The van der Waals surface area contributed by atoms with Crippen LogP contribution in [-0.4, -0.2) is 42.1 Å². The van der Waals surface area contributed by atoms with Gasteiger partial charge in [0.25, 0.3) is 0 Å². The lowest BCUT2D eigenvalue weighted by molar-refractivity contribution is 0.175. The Labute approximate surface area is 120 Å². The SMILES string of the molecule is N#Cc1ccc(N2CCC(N3CCCCC3)C2)nc1N. The zero-order valence-electron chi connectivity index (χ0n) is 11.8. The van der Waals surface area contributed by atoms with E-state index in [0.717, 1.165) is 18.9 Å². The summed E-state index contributed by atoms with van der Waals surface area (Å²) in [4.78, 5) is 9.28. The zero-order valence-corrected chi connectivity index (χ0v) is 11.8. The number of nitrogens with two attached hydrogens (primary N) is 1. The summed E-state index contributed by atoms with van der Waals surface area (Å²) in [5.41, 5.74) is 6.27. The molecule has 0 amide bonds. The molecule has 1 aromatic heterocycles. The molecule has 1 aromatic rings. The molecule has 2 N–H and O–H groups in total. The minimum Gasteiger partial charge on any atom is -0.383 e. The van der Waals surface area contributed by atoms with Gasteiger partial charge in [0.1, 0.15) is 17.7 Å². The fourth-order valence-corrected chi connectivity index (χ4v) is 3.27. The second-order valence-corrected chi connectivity index (χ2v) is 5.70. The maximum absolute atomic E-state index is 8.90. The quantitative estimate of drug-likeness (QED) is 0.884. The van der Waals surface area contributed by atoms with Gasteiger partial charge in [-0.3, -0.25) is 4.90 Å². The van der Waals surface area contributed by atoms with Crippen LogP contribution in [0.25, 0.3) is 0 Å². The molecule has 0 aromatic carbocycles. The number of likely N-dealkylation sites (tertiary alicyclic amines) is 1. The van der Waals surface area contributed by atoms with Gasteiger partial charge >= 0.3 is 0 Å². The highest BCUT2D eigenvalue weighted by Gasteiger charge is 2.29. The van der Waals surface area contributed by atoms with E-state index in [9.17, 15) is 0 Å². The van der Waals surface area contributed by atoms with Crippen LogP contribution in [0.15, 0.2) is 12.1 Å². The maximum atomic E-state index is 8.90. The summed E-state index contributed by atoms with van der Waals surface area (Å²) in [5.74, 6) is 1.24. The number of nitrogen functional groups attached to an aromatic ring is 1. The predicted molar refractivity (Wildman–Crippen MR) is 79.4 cm³/mol. The van der Waals surface area contributed by atoms with Crippen LogP contribution >= 0.6 is 0 Å². The summed E-state index contributed by atoms with van der Waals surface area (Å²) < 4.78 is 0. The standard InChI is InChI=1S/C15H21N5/c16-10-12-4-5-14(18-15(12)17)20-9-6-13(11-20)19-7-2-1-3-8-19/h4-5,13H,1-3,6-9,11H2,(H2,17,18). The van der Waals surface area contributed by atoms with E-state index in [1.165, 1.54) is 38.8 Å². The summed E-state index contributed by atoms with van der Waals surface area (Å²) >= 11 is 0. The summed E-state index contributed by atoms with van der Waals surface area (Å²) in [6, 6.07) is 6.39. The number of nitriles is 1. The lowest BCUT2D eigenvalue weighted by Gasteiger charge is -2.32. The molecule has 0 bridgehead atoms. The minimum atomic E-state index is 0.339. The Morgan fingerprint density at radius 3 is 2.70 bits per heavy atom. The molecule has 1 unspecified atom stereocenters. The first-order chi connectivity index (χ1) is 9.78. The molecule has 0 saturated carbocycles. The van der Waals surface area contributed by atoms with Crippen molar-refractivity contribution in [3.63, 3.8) is 0 Å². The van der Waals surface area contributed by atoms with Crippen molar-refractivity contribution in [2.24, 2.45) is 0 Å². The summed E-state index contributed by atoms with van der Waals surface area (Å²) in [6.45, 7) is 4.53. The highest BCUT2D eigenvalue weighted by Crippen LogP contribution is 2.25. The molecule has 20 heavy (non-hydrogen) atoms. The third-order valence-electron chi connectivity index (χ3n) is 4.42. The van der Waals surface area contributed by atoms with Crippen LogP contribution in [0, 0.1) is 11.3 Å². The van der Waals surface area contributed by atoms with E-state index in [4.69, 9.17) is 11.0 Å². The van der Waals surface area contributed by atoms with Crippen molar-refractivity contribution < 1.29 is 0 Å². The predicted octanol–water partition coefficient (Wildman–Crippen LogP) is 1.60. The molecule has 2 aliphatic rings. The number of rotatable bonds is 2. The highest BCUT2D eigenvalue weighted by atomic mass is 15.3. The Bertz CT molecular complexity index is 515. The van der Waals surface area contributed by atoms with E-state index in [2.05, 4.69) is 20.9 Å². The van der Waals surface area contributed by atoms with Crippen molar-refractivity contribution in [2.75, 3.05) is 36.8 Å². The van der Waals surface area contributed by atoms with E-state index in [1.807, 2.05) is 6.07 Å². The maximum Gasteiger partial charge on any atom is 0.143 e. The molecular weight excluding hydrogens is 250 g/mol. The second-order valence-electron chi connectivity index (χ2n) is 5.70. The third-order valence-corrected chi connectivity index (χ3v) is 4.42. The topological polar surface area (TPSA) is 69.2 Å². The molecule has 2 fully saturated rings. The third kappa shape index (κ3) is 2.56. The van der Waals surface area contributed by atoms with Gasteiger partial charge in [0.05, 0.1) is 5.56 Å². The molecule has 3 heterocycles. The van der Waals surface area contributed by atoms with Gasteiger partial charge in [-0.25, -0.2) is 4.98 Å². The number of anilines is 2. The highest BCUT2D eigenvalue weighted by molar-refractivity contribution is 5.55. The van der Waals surface area contributed by atoms with Gasteiger partial charge in [0.15, 0.2) is 0 Å². The van der Waals surface area contributed by atoms with Gasteiger partial charge in [-0.2, -0.15) is 5.26 Å². The number of hydrogen-bond donors (Lipinski definition) is 1. The lowest BCUT2D eigenvalue weighted by atomic mass is 10.1. The average Bonchev–Trinajstić information content (AvgIpc) is 2.98. The van der Waals surface area contributed by atoms with Crippen LogP contribution in [-0.2, 0) is 0 Å². The Morgan fingerprint density at radius 2 is 2.00 bits per heavy atom. The Balaban J connectivity index is 1.67. The van der Waals surface area contributed by atoms with E-state index < -0.39 is 0 Å². The molecule has 5 heteroatoms. The molecule has 1 atom stereocenters. The Morgan fingerprint density at radius 1 is 1.20 bits per heavy atom. The van der Waals surface area contributed by atoms with Crippen LogP contribution in [0.1, 0.15) is 31.2 Å². The number of hydrogen-bond acceptors (Lipinski definition) is 5. The molecule has 5 nitrogen and oxygen atoms in total. The molecular formula is C15H21N5. The largest absolute Gasteiger partial charge is 0.383 e. The fourth-order valence-electron chi connectivity index (χ4n) is 3.27. The van der Waals surface area contributed by atoms with Crippen LogP contribution in [0.5, 0.6) is 0 Å². The summed E-state index contributed by atoms with van der Waals surface area (Å²) in [6.07, 6.45) is 5.24. The van der Waals surface area contributed by atoms with E-state index >= 15 is 0 Å². The van der Waals surface area contributed by atoms with Gasteiger partial charge in [0.2, 0.25) is 0 Å². The van der Waals surface area contributed by atoms with Crippen LogP contribution in [0.2, 0.25) is 0 Å². The molecule has 0 radical (unpaired) electrons. The Kier molecular flexibility index (Phi) is 3.75. The smallest absolute Gasteiger partial charge is 0.143 e. The van der Waals surface area contributed by atoms with Crippen LogP contribution in [0.3, 0.4) is 0 Å². The first-order valence-corrected chi connectivity index (χ1v) is 7.43. The summed E-state index contributed by atoms with van der Waals surface area (Å²) in [5, 5.41) is 8.90. The monoisotopic (exact) mass is 271 g/mol. The molecule has 0 aliphatic carbocycles. The number of pyridine rings is 1. The van der Waals surface area contributed by atoms with Crippen molar-refractivity contribution in [3.05, 3.63) is 17.7 Å². The normalized spacial score (nSPS) is 23.8. The van der Waals surface area contributed by atoms with Crippen molar-refractivity contribution in [2.45, 2.75) is 31.7 Å². The second kappa shape index (κ2) is 5.68.